The van der Waals surface area contributed by atoms with Crippen LogP contribution >= 0.6 is 0 Å². The molecule has 0 radical (unpaired) electrons. The van der Waals surface area contributed by atoms with E-state index in [1.54, 1.807) is 0 Å². The molecule has 108 valence electrons. The Morgan fingerprint density at radius 3 is 2.60 bits per heavy atom. The third kappa shape index (κ3) is 3.98. The zero-order valence-corrected chi connectivity index (χ0v) is 11.8. The highest BCUT2D eigenvalue weighted by atomic mass is 16.5. The van der Waals surface area contributed by atoms with Gasteiger partial charge in [0.05, 0.1) is 12.0 Å². The molecule has 1 aliphatic heterocycles. The summed E-state index contributed by atoms with van der Waals surface area (Å²) in [4.78, 5) is 23.1. The Labute approximate surface area is 118 Å². The molecule has 1 saturated heterocycles. The molecule has 0 bridgehead atoms. The Morgan fingerprint density at radius 2 is 2.05 bits per heavy atom. The second kappa shape index (κ2) is 6.41. The van der Waals surface area contributed by atoms with Gasteiger partial charge in [-0.15, -0.1) is 0 Å². The number of piperidine rings is 1. The van der Waals surface area contributed by atoms with E-state index < -0.39 is 0 Å². The predicted molar refractivity (Wildman–Crippen MR) is 76.6 cm³/mol. The molecule has 1 aromatic rings. The molecular weight excluding hydrogens is 256 g/mol. The minimum atomic E-state index is -0.153. The van der Waals surface area contributed by atoms with Crippen LogP contribution in [0.1, 0.15) is 26.7 Å². The molecule has 1 fully saturated rings. The summed E-state index contributed by atoms with van der Waals surface area (Å²) in [6.45, 7) is 4.35. The average Bonchev–Trinajstić information content (AvgIpc) is 2.41. The summed E-state index contributed by atoms with van der Waals surface area (Å²) in [7, 11) is 0. The minimum Gasteiger partial charge on any atom is -0.491 e. The van der Waals surface area contributed by atoms with Gasteiger partial charge in [-0.25, -0.2) is 0 Å². The molecule has 5 nitrogen and oxygen atoms in total. The molecule has 1 atom stereocenters. The van der Waals surface area contributed by atoms with E-state index in [0.29, 0.717) is 19.4 Å². The summed E-state index contributed by atoms with van der Waals surface area (Å²) >= 11 is 0. The van der Waals surface area contributed by atoms with Gasteiger partial charge in [-0.1, -0.05) is 0 Å². The Bertz CT molecular complexity index is 472. The number of ether oxygens (including phenoxy) is 1. The zero-order valence-electron chi connectivity index (χ0n) is 11.8. The van der Waals surface area contributed by atoms with E-state index in [2.05, 4.69) is 10.6 Å². The van der Waals surface area contributed by atoms with Crippen LogP contribution < -0.4 is 15.4 Å². The van der Waals surface area contributed by atoms with E-state index in [9.17, 15) is 9.59 Å². The predicted octanol–water partition coefficient (Wildman–Crippen LogP) is 1.94. The second-order valence-corrected chi connectivity index (χ2v) is 5.22. The van der Waals surface area contributed by atoms with Crippen molar-refractivity contribution in [3.05, 3.63) is 24.3 Å². The summed E-state index contributed by atoms with van der Waals surface area (Å²) in [5, 5.41) is 5.57. The maximum atomic E-state index is 12.0. The van der Waals surface area contributed by atoms with Crippen LogP contribution in [0.5, 0.6) is 5.75 Å². The number of carbonyl (C=O) groups excluding carboxylic acids is 2. The fourth-order valence-corrected chi connectivity index (χ4v) is 2.09. The number of hydrogen-bond acceptors (Lipinski definition) is 3. The first-order valence-corrected chi connectivity index (χ1v) is 6.89. The van der Waals surface area contributed by atoms with Gasteiger partial charge in [-0.3, -0.25) is 9.59 Å². The lowest BCUT2D eigenvalue weighted by Gasteiger charge is -2.21. The molecule has 0 aliphatic carbocycles. The second-order valence-electron chi connectivity index (χ2n) is 5.22. The van der Waals surface area contributed by atoms with Gasteiger partial charge in [0.15, 0.2) is 0 Å². The molecule has 0 aromatic heterocycles. The van der Waals surface area contributed by atoms with Crippen LogP contribution in [0.3, 0.4) is 0 Å². The number of carbonyl (C=O) groups is 2. The van der Waals surface area contributed by atoms with Crippen LogP contribution in [0.4, 0.5) is 5.69 Å². The average molecular weight is 276 g/mol. The maximum Gasteiger partial charge on any atom is 0.229 e. The molecule has 2 amide bonds. The minimum absolute atomic E-state index is 0.0178. The van der Waals surface area contributed by atoms with E-state index in [-0.39, 0.29) is 23.8 Å². The topological polar surface area (TPSA) is 67.4 Å². The van der Waals surface area contributed by atoms with Crippen molar-refractivity contribution in [2.24, 2.45) is 5.92 Å². The molecule has 5 heteroatoms. The van der Waals surface area contributed by atoms with E-state index in [4.69, 9.17) is 4.74 Å². The van der Waals surface area contributed by atoms with Gasteiger partial charge in [-0.2, -0.15) is 0 Å². The Hall–Kier alpha value is -2.04. The first-order chi connectivity index (χ1) is 9.54. The van der Waals surface area contributed by atoms with Crippen LogP contribution in [0.25, 0.3) is 0 Å². The molecule has 2 N–H and O–H groups in total. The zero-order chi connectivity index (χ0) is 14.5. The van der Waals surface area contributed by atoms with Gasteiger partial charge in [0.1, 0.15) is 5.75 Å². The summed E-state index contributed by atoms with van der Waals surface area (Å²) in [6, 6.07) is 7.30. The standard InChI is InChI=1S/C15H20N2O3/c1-10(2)20-13-6-4-12(5-7-13)17-15(19)11-3-8-14(18)16-9-11/h4-7,10-11H,3,8-9H2,1-2H3,(H,16,18)(H,17,19). The number of amides is 2. The fourth-order valence-electron chi connectivity index (χ4n) is 2.09. The highest BCUT2D eigenvalue weighted by Gasteiger charge is 2.24. The molecule has 0 spiro atoms. The largest absolute Gasteiger partial charge is 0.491 e. The van der Waals surface area contributed by atoms with Crippen molar-refractivity contribution in [3.63, 3.8) is 0 Å². The van der Waals surface area contributed by atoms with Crippen LogP contribution in [0, 0.1) is 5.92 Å². The van der Waals surface area contributed by atoms with Gasteiger partial charge < -0.3 is 15.4 Å². The number of benzene rings is 1. The van der Waals surface area contributed by atoms with Crippen molar-refractivity contribution in [3.8, 4) is 5.75 Å². The molecule has 20 heavy (non-hydrogen) atoms. The van der Waals surface area contributed by atoms with Crippen molar-refractivity contribution >= 4 is 17.5 Å². The van der Waals surface area contributed by atoms with Crippen LogP contribution in [0.2, 0.25) is 0 Å². The quantitative estimate of drug-likeness (QED) is 0.883. The van der Waals surface area contributed by atoms with E-state index >= 15 is 0 Å². The van der Waals surface area contributed by atoms with Gasteiger partial charge in [0, 0.05) is 18.7 Å². The van der Waals surface area contributed by atoms with Crippen LogP contribution in [-0.2, 0) is 9.59 Å². The lowest BCUT2D eigenvalue weighted by molar-refractivity contribution is -0.126. The van der Waals surface area contributed by atoms with Gasteiger partial charge in [-0.05, 0) is 44.5 Å². The number of hydrogen-bond donors (Lipinski definition) is 2. The molecule has 1 unspecified atom stereocenters. The molecular formula is C15H20N2O3. The van der Waals surface area contributed by atoms with E-state index in [1.807, 2.05) is 38.1 Å². The van der Waals surface area contributed by atoms with Crippen molar-refractivity contribution < 1.29 is 14.3 Å². The fraction of sp³-hybridized carbons (Fsp3) is 0.467. The van der Waals surface area contributed by atoms with Crippen LogP contribution in [-0.4, -0.2) is 24.5 Å². The molecule has 1 heterocycles. The number of rotatable bonds is 4. The Morgan fingerprint density at radius 1 is 1.35 bits per heavy atom. The number of nitrogens with one attached hydrogen (secondary N) is 2. The molecule has 0 saturated carbocycles. The van der Waals surface area contributed by atoms with Gasteiger partial charge in [0.25, 0.3) is 0 Å². The maximum absolute atomic E-state index is 12.0. The van der Waals surface area contributed by atoms with Crippen molar-refractivity contribution in [1.82, 2.24) is 5.32 Å². The summed E-state index contributed by atoms with van der Waals surface area (Å²) in [5.74, 6) is 0.592. The number of anilines is 1. The van der Waals surface area contributed by atoms with Crippen LogP contribution in [0.15, 0.2) is 24.3 Å². The van der Waals surface area contributed by atoms with Crippen molar-refractivity contribution in [2.45, 2.75) is 32.8 Å². The smallest absolute Gasteiger partial charge is 0.229 e. The highest BCUT2D eigenvalue weighted by Crippen LogP contribution is 2.19. The van der Waals surface area contributed by atoms with E-state index in [1.165, 1.54) is 0 Å². The summed E-state index contributed by atoms with van der Waals surface area (Å²) < 4.78 is 5.54. The van der Waals surface area contributed by atoms with Crippen molar-refractivity contribution in [2.75, 3.05) is 11.9 Å². The first-order valence-electron chi connectivity index (χ1n) is 6.89. The monoisotopic (exact) mass is 276 g/mol. The molecule has 2 rings (SSSR count). The van der Waals surface area contributed by atoms with Gasteiger partial charge >= 0.3 is 0 Å². The lowest BCUT2D eigenvalue weighted by Crippen LogP contribution is -2.40. The summed E-state index contributed by atoms with van der Waals surface area (Å²) in [6.07, 6.45) is 1.15. The normalized spacial score (nSPS) is 18.6. The lowest BCUT2D eigenvalue weighted by atomic mass is 9.98. The first kappa shape index (κ1) is 14.4. The summed E-state index contributed by atoms with van der Waals surface area (Å²) in [5.41, 5.74) is 0.739. The molecule has 1 aliphatic rings. The Kier molecular flexibility index (Phi) is 4.61. The molecule has 1 aromatic carbocycles. The SMILES string of the molecule is CC(C)Oc1ccc(NC(=O)C2CCC(=O)NC2)cc1. The third-order valence-corrected chi connectivity index (χ3v) is 3.13. The Balaban J connectivity index is 1.89. The highest BCUT2D eigenvalue weighted by molar-refractivity contribution is 5.94. The van der Waals surface area contributed by atoms with Crippen molar-refractivity contribution in [1.29, 1.82) is 0 Å². The van der Waals surface area contributed by atoms with Gasteiger partial charge in [0.2, 0.25) is 11.8 Å². The van der Waals surface area contributed by atoms with E-state index in [0.717, 1.165) is 11.4 Å². The third-order valence-electron chi connectivity index (χ3n) is 3.13.